The van der Waals surface area contributed by atoms with Gasteiger partial charge in [0.2, 0.25) is 0 Å². The molecule has 5 heteroatoms. The molecule has 0 bridgehead atoms. The number of hydrogen-bond acceptors (Lipinski definition) is 2. The predicted molar refractivity (Wildman–Crippen MR) is 76.7 cm³/mol. The molecule has 1 aromatic heterocycles. The number of nitrogens with one attached hydrogen (secondary N) is 1. The molecule has 0 aliphatic heterocycles. The number of carboxylic acids is 1. The first-order valence-electron chi connectivity index (χ1n) is 6.63. The molecule has 0 saturated carbocycles. The fraction of sp³-hybridized carbons (Fsp3) is 0.333. The number of rotatable bonds is 5. The largest absolute Gasteiger partial charge is 0.480 e. The number of benzene rings is 1. The molecule has 0 fully saturated rings. The lowest BCUT2D eigenvalue weighted by Crippen LogP contribution is -2.42. The fourth-order valence-corrected chi connectivity index (χ4v) is 2.14. The van der Waals surface area contributed by atoms with Crippen molar-refractivity contribution in [3.05, 3.63) is 36.0 Å². The number of aromatic amines is 1. The standard InChI is InChI=1S/C15H18N2O3/c1-3-10(2)17(9-14(18)19)15(20)13-8-11-6-4-5-7-12(11)16-13/h4-8,10,16H,3,9H2,1-2H3,(H,18,19). The van der Waals surface area contributed by atoms with Gasteiger partial charge in [0, 0.05) is 16.9 Å². The van der Waals surface area contributed by atoms with Crippen LogP contribution in [0.4, 0.5) is 0 Å². The number of para-hydroxylation sites is 1. The van der Waals surface area contributed by atoms with Crippen LogP contribution in [-0.2, 0) is 4.79 Å². The Morgan fingerprint density at radius 2 is 2.05 bits per heavy atom. The number of carbonyl (C=O) groups is 2. The van der Waals surface area contributed by atoms with E-state index in [1.165, 1.54) is 4.90 Å². The number of hydrogen-bond donors (Lipinski definition) is 2. The van der Waals surface area contributed by atoms with Crippen LogP contribution in [0.5, 0.6) is 0 Å². The minimum absolute atomic E-state index is 0.120. The Balaban J connectivity index is 2.32. The van der Waals surface area contributed by atoms with Gasteiger partial charge in [0.25, 0.3) is 5.91 Å². The Bertz CT molecular complexity index is 600. The quantitative estimate of drug-likeness (QED) is 0.879. The van der Waals surface area contributed by atoms with E-state index in [0.29, 0.717) is 12.1 Å². The van der Waals surface area contributed by atoms with Crippen LogP contribution in [0.2, 0.25) is 0 Å². The molecule has 0 saturated heterocycles. The summed E-state index contributed by atoms with van der Waals surface area (Å²) in [4.78, 5) is 27.8. The summed E-state index contributed by atoms with van der Waals surface area (Å²) in [6.45, 7) is 3.49. The van der Waals surface area contributed by atoms with Crippen molar-refractivity contribution < 1.29 is 14.7 Å². The van der Waals surface area contributed by atoms with E-state index < -0.39 is 5.97 Å². The van der Waals surface area contributed by atoms with E-state index in [1.54, 1.807) is 6.07 Å². The van der Waals surface area contributed by atoms with Gasteiger partial charge in [-0.05, 0) is 25.5 Å². The number of H-pyrrole nitrogens is 1. The van der Waals surface area contributed by atoms with Crippen molar-refractivity contribution in [3.63, 3.8) is 0 Å². The maximum absolute atomic E-state index is 12.5. The zero-order chi connectivity index (χ0) is 14.7. The number of carbonyl (C=O) groups excluding carboxylic acids is 1. The third-order valence-electron chi connectivity index (χ3n) is 3.45. The van der Waals surface area contributed by atoms with E-state index in [4.69, 9.17) is 5.11 Å². The Morgan fingerprint density at radius 3 is 2.65 bits per heavy atom. The molecule has 0 aliphatic carbocycles. The minimum Gasteiger partial charge on any atom is -0.480 e. The van der Waals surface area contributed by atoms with E-state index in [9.17, 15) is 9.59 Å². The van der Waals surface area contributed by atoms with Crippen LogP contribution in [0.25, 0.3) is 10.9 Å². The topological polar surface area (TPSA) is 73.4 Å². The van der Waals surface area contributed by atoms with Crippen LogP contribution < -0.4 is 0 Å². The highest BCUT2D eigenvalue weighted by atomic mass is 16.4. The molecule has 0 aliphatic rings. The number of amides is 1. The molecule has 1 heterocycles. The van der Waals surface area contributed by atoms with Gasteiger partial charge in [-0.15, -0.1) is 0 Å². The molecule has 1 aromatic carbocycles. The van der Waals surface area contributed by atoms with Gasteiger partial charge in [0.05, 0.1) is 0 Å². The molecule has 1 amide bonds. The third-order valence-corrected chi connectivity index (χ3v) is 3.45. The van der Waals surface area contributed by atoms with Gasteiger partial charge in [0.15, 0.2) is 0 Å². The monoisotopic (exact) mass is 274 g/mol. The van der Waals surface area contributed by atoms with Crippen molar-refractivity contribution >= 4 is 22.8 Å². The van der Waals surface area contributed by atoms with E-state index in [0.717, 1.165) is 10.9 Å². The first kappa shape index (κ1) is 14.1. The Labute approximate surface area is 117 Å². The summed E-state index contributed by atoms with van der Waals surface area (Å²) in [6.07, 6.45) is 0.708. The maximum Gasteiger partial charge on any atom is 0.323 e. The first-order valence-corrected chi connectivity index (χ1v) is 6.63. The van der Waals surface area contributed by atoms with Gasteiger partial charge in [-0.2, -0.15) is 0 Å². The molecule has 5 nitrogen and oxygen atoms in total. The highest BCUT2D eigenvalue weighted by Crippen LogP contribution is 2.17. The van der Waals surface area contributed by atoms with Crippen molar-refractivity contribution in [2.24, 2.45) is 0 Å². The normalized spacial score (nSPS) is 12.3. The minimum atomic E-state index is -1.00. The number of nitrogens with zero attached hydrogens (tertiary/aromatic N) is 1. The summed E-state index contributed by atoms with van der Waals surface area (Å²) in [6, 6.07) is 9.22. The average molecular weight is 274 g/mol. The number of carboxylic acid groups (broad SMARTS) is 1. The first-order chi connectivity index (χ1) is 9.52. The molecule has 1 atom stereocenters. The van der Waals surface area contributed by atoms with Gasteiger partial charge in [-0.3, -0.25) is 9.59 Å². The number of fused-ring (bicyclic) bond motifs is 1. The van der Waals surface area contributed by atoms with Gasteiger partial charge >= 0.3 is 5.97 Å². The highest BCUT2D eigenvalue weighted by Gasteiger charge is 2.24. The summed E-state index contributed by atoms with van der Waals surface area (Å²) in [5.41, 5.74) is 1.29. The van der Waals surface area contributed by atoms with Gasteiger partial charge in [-0.1, -0.05) is 25.1 Å². The molecule has 0 spiro atoms. The highest BCUT2D eigenvalue weighted by molar-refractivity contribution is 5.99. The van der Waals surface area contributed by atoms with Crippen molar-refractivity contribution in [1.82, 2.24) is 9.88 Å². The summed E-state index contributed by atoms with van der Waals surface area (Å²) in [5.74, 6) is -1.28. The number of aromatic nitrogens is 1. The van der Waals surface area contributed by atoms with Crippen LogP contribution >= 0.6 is 0 Å². The van der Waals surface area contributed by atoms with Crippen molar-refractivity contribution in [2.75, 3.05) is 6.54 Å². The second-order valence-corrected chi connectivity index (χ2v) is 4.85. The van der Waals surface area contributed by atoms with Crippen molar-refractivity contribution in [1.29, 1.82) is 0 Å². The number of aliphatic carboxylic acids is 1. The predicted octanol–water partition coefficient (Wildman–Crippen LogP) is 2.49. The molecular weight excluding hydrogens is 256 g/mol. The fourth-order valence-electron chi connectivity index (χ4n) is 2.14. The summed E-state index contributed by atoms with van der Waals surface area (Å²) in [7, 11) is 0. The summed E-state index contributed by atoms with van der Waals surface area (Å²) in [5, 5.41) is 9.90. The van der Waals surface area contributed by atoms with E-state index in [-0.39, 0.29) is 18.5 Å². The second kappa shape index (κ2) is 5.77. The van der Waals surface area contributed by atoms with Crippen LogP contribution in [-0.4, -0.2) is 39.5 Å². The van der Waals surface area contributed by atoms with Crippen LogP contribution in [0.1, 0.15) is 30.8 Å². The molecule has 2 N–H and O–H groups in total. The molecule has 2 rings (SSSR count). The SMILES string of the molecule is CCC(C)N(CC(=O)O)C(=O)c1cc2ccccc2[nH]1. The van der Waals surface area contributed by atoms with Gasteiger partial charge in [-0.25, -0.2) is 0 Å². The van der Waals surface area contributed by atoms with E-state index >= 15 is 0 Å². The van der Waals surface area contributed by atoms with E-state index in [2.05, 4.69) is 4.98 Å². The smallest absolute Gasteiger partial charge is 0.323 e. The molecule has 106 valence electrons. The molecule has 20 heavy (non-hydrogen) atoms. The van der Waals surface area contributed by atoms with Crippen molar-refractivity contribution in [3.8, 4) is 0 Å². The lowest BCUT2D eigenvalue weighted by molar-refractivity contribution is -0.138. The average Bonchev–Trinajstić information content (AvgIpc) is 2.86. The van der Waals surface area contributed by atoms with Crippen LogP contribution in [0, 0.1) is 0 Å². The molecule has 2 aromatic rings. The zero-order valence-electron chi connectivity index (χ0n) is 11.6. The van der Waals surface area contributed by atoms with E-state index in [1.807, 2.05) is 38.1 Å². The second-order valence-electron chi connectivity index (χ2n) is 4.85. The lowest BCUT2D eigenvalue weighted by atomic mass is 10.2. The Hall–Kier alpha value is -2.30. The Kier molecular flexibility index (Phi) is 4.08. The van der Waals surface area contributed by atoms with Gasteiger partial charge in [0.1, 0.15) is 12.2 Å². The molecule has 1 unspecified atom stereocenters. The lowest BCUT2D eigenvalue weighted by Gasteiger charge is -2.26. The van der Waals surface area contributed by atoms with Gasteiger partial charge < -0.3 is 15.0 Å². The molecule has 0 radical (unpaired) electrons. The Morgan fingerprint density at radius 1 is 1.35 bits per heavy atom. The third kappa shape index (κ3) is 2.82. The summed E-state index contributed by atoms with van der Waals surface area (Å²) >= 11 is 0. The van der Waals surface area contributed by atoms with Crippen LogP contribution in [0.15, 0.2) is 30.3 Å². The van der Waals surface area contributed by atoms with Crippen molar-refractivity contribution in [2.45, 2.75) is 26.3 Å². The maximum atomic E-state index is 12.5. The zero-order valence-corrected chi connectivity index (χ0v) is 11.6. The summed E-state index contributed by atoms with van der Waals surface area (Å²) < 4.78 is 0. The van der Waals surface area contributed by atoms with Crippen LogP contribution in [0.3, 0.4) is 0 Å². The molecular formula is C15H18N2O3.